The lowest BCUT2D eigenvalue weighted by Crippen LogP contribution is -1.96. The van der Waals surface area contributed by atoms with Crippen LogP contribution in [0, 0.1) is 6.42 Å². The summed E-state index contributed by atoms with van der Waals surface area (Å²) in [6.45, 7) is 0.420. The molecule has 1 heterocycles. The molecular formula is C4H5NO2. The van der Waals surface area contributed by atoms with Crippen LogP contribution in [0.1, 0.15) is 0 Å². The van der Waals surface area contributed by atoms with Crippen LogP contribution in [-0.2, 0) is 9.57 Å². The Morgan fingerprint density at radius 3 is 3.14 bits per heavy atom. The van der Waals surface area contributed by atoms with E-state index < -0.39 is 0 Å². The zero-order valence-electron chi connectivity index (χ0n) is 3.97. The van der Waals surface area contributed by atoms with Crippen LogP contribution in [0.3, 0.4) is 0 Å². The highest BCUT2D eigenvalue weighted by Gasteiger charge is 2.06. The number of nitrogens with zero attached hydrogens (tertiary/aromatic N) is 1. The highest BCUT2D eigenvalue weighted by molar-refractivity contribution is 5.85. The molecule has 0 atom stereocenters. The number of oxime groups is 1. The standard InChI is InChI=1S/C4H5NO2/c1-6-4-2-3-7-5-4/h3H2,1H3. The molecule has 0 aromatic carbocycles. The number of hydrogen-bond donors (Lipinski definition) is 0. The molecule has 1 rings (SSSR count). The van der Waals surface area contributed by atoms with Gasteiger partial charge >= 0.3 is 0 Å². The molecule has 3 heteroatoms. The van der Waals surface area contributed by atoms with E-state index in [1.165, 1.54) is 7.11 Å². The van der Waals surface area contributed by atoms with Gasteiger partial charge in [-0.05, 0) is 0 Å². The zero-order valence-corrected chi connectivity index (χ0v) is 3.97. The van der Waals surface area contributed by atoms with E-state index in [0.717, 1.165) is 0 Å². The summed E-state index contributed by atoms with van der Waals surface area (Å²) < 4.78 is 4.62. The van der Waals surface area contributed by atoms with Gasteiger partial charge in [0.2, 0.25) is 5.90 Å². The Labute approximate surface area is 41.9 Å². The first kappa shape index (κ1) is 4.43. The Morgan fingerprint density at radius 1 is 2.00 bits per heavy atom. The summed E-state index contributed by atoms with van der Waals surface area (Å²) in [7, 11) is 1.53. The number of ether oxygens (including phenoxy) is 1. The second-order valence-electron chi connectivity index (χ2n) is 1.05. The van der Waals surface area contributed by atoms with Gasteiger partial charge in [-0.2, -0.15) is 0 Å². The third kappa shape index (κ3) is 0.824. The first-order valence-corrected chi connectivity index (χ1v) is 1.91. The Morgan fingerprint density at radius 2 is 2.86 bits per heavy atom. The Balaban J connectivity index is 2.36. The molecule has 0 spiro atoms. The van der Waals surface area contributed by atoms with E-state index in [1.54, 1.807) is 0 Å². The fourth-order valence-corrected chi connectivity index (χ4v) is 0.327. The summed E-state index contributed by atoms with van der Waals surface area (Å²) in [5.41, 5.74) is 0. The van der Waals surface area contributed by atoms with Crippen molar-refractivity contribution in [2.75, 3.05) is 13.7 Å². The molecule has 0 fully saturated rings. The molecular weight excluding hydrogens is 94.0 g/mol. The fraction of sp³-hybridized carbons (Fsp3) is 0.500. The van der Waals surface area contributed by atoms with Crippen LogP contribution >= 0.6 is 0 Å². The Kier molecular flexibility index (Phi) is 1.15. The van der Waals surface area contributed by atoms with E-state index in [4.69, 9.17) is 0 Å². The fourth-order valence-electron chi connectivity index (χ4n) is 0.327. The highest BCUT2D eigenvalue weighted by atomic mass is 16.7. The lowest BCUT2D eigenvalue weighted by molar-refractivity contribution is 0.182. The average molecular weight is 99.1 g/mol. The van der Waals surface area contributed by atoms with Crippen LogP contribution in [0.15, 0.2) is 5.16 Å². The van der Waals surface area contributed by atoms with Gasteiger partial charge in [0.25, 0.3) is 0 Å². The Bertz CT molecular complexity index is 89.7. The molecule has 0 bridgehead atoms. The van der Waals surface area contributed by atoms with Crippen LogP contribution in [0.25, 0.3) is 0 Å². The molecule has 0 saturated carbocycles. The smallest absolute Gasteiger partial charge is 0.237 e. The summed E-state index contributed by atoms with van der Waals surface area (Å²) >= 11 is 0. The maximum atomic E-state index is 4.62. The van der Waals surface area contributed by atoms with Crippen molar-refractivity contribution < 1.29 is 9.57 Å². The van der Waals surface area contributed by atoms with Crippen molar-refractivity contribution in [3.05, 3.63) is 6.42 Å². The van der Waals surface area contributed by atoms with E-state index in [9.17, 15) is 0 Å². The lowest BCUT2D eigenvalue weighted by Gasteiger charge is -1.87. The van der Waals surface area contributed by atoms with Gasteiger partial charge in [0.1, 0.15) is 13.0 Å². The van der Waals surface area contributed by atoms with Gasteiger partial charge in [0.15, 0.2) is 0 Å². The molecule has 2 radical (unpaired) electrons. The minimum absolute atomic E-state index is 0.420. The number of methoxy groups -OCH3 is 1. The summed E-state index contributed by atoms with van der Waals surface area (Å²) in [4.78, 5) is 4.50. The van der Waals surface area contributed by atoms with Gasteiger partial charge in [0, 0.05) is 0 Å². The van der Waals surface area contributed by atoms with Gasteiger partial charge in [-0.3, -0.25) is 0 Å². The molecule has 0 aromatic rings. The largest absolute Gasteiger partial charge is 0.481 e. The van der Waals surface area contributed by atoms with Gasteiger partial charge in [-0.25, -0.2) is 0 Å². The number of rotatable bonds is 0. The van der Waals surface area contributed by atoms with E-state index in [1.807, 2.05) is 0 Å². The molecule has 3 nitrogen and oxygen atoms in total. The lowest BCUT2D eigenvalue weighted by atomic mass is 10.5. The van der Waals surface area contributed by atoms with E-state index in [0.29, 0.717) is 12.5 Å². The molecule has 0 saturated heterocycles. The predicted molar refractivity (Wildman–Crippen MR) is 23.6 cm³/mol. The minimum atomic E-state index is 0.420. The van der Waals surface area contributed by atoms with Crippen molar-refractivity contribution >= 4 is 5.90 Å². The summed E-state index contributed by atoms with van der Waals surface area (Å²) in [6.07, 6.45) is 2.71. The maximum absolute atomic E-state index is 4.62. The van der Waals surface area contributed by atoms with Crippen LogP contribution in [0.2, 0.25) is 0 Å². The first-order chi connectivity index (χ1) is 3.43. The van der Waals surface area contributed by atoms with Crippen LogP contribution in [-0.4, -0.2) is 19.6 Å². The van der Waals surface area contributed by atoms with Crippen molar-refractivity contribution in [1.82, 2.24) is 0 Å². The van der Waals surface area contributed by atoms with Crippen molar-refractivity contribution in [3.63, 3.8) is 0 Å². The number of hydrogen-bond acceptors (Lipinski definition) is 3. The topological polar surface area (TPSA) is 30.8 Å². The molecule has 0 N–H and O–H groups in total. The van der Waals surface area contributed by atoms with Gasteiger partial charge in [0.05, 0.1) is 7.11 Å². The van der Waals surface area contributed by atoms with Crippen LogP contribution in [0.5, 0.6) is 0 Å². The second-order valence-corrected chi connectivity index (χ2v) is 1.05. The third-order valence-corrected chi connectivity index (χ3v) is 0.629. The summed E-state index contributed by atoms with van der Waals surface area (Å²) in [5, 5.41) is 3.44. The average Bonchev–Trinajstić information content (AvgIpc) is 2.14. The monoisotopic (exact) mass is 99.0 g/mol. The highest BCUT2D eigenvalue weighted by Crippen LogP contribution is 1.96. The molecule has 7 heavy (non-hydrogen) atoms. The van der Waals surface area contributed by atoms with E-state index in [2.05, 4.69) is 21.2 Å². The quantitative estimate of drug-likeness (QED) is 0.430. The predicted octanol–water partition coefficient (Wildman–Crippen LogP) is 0.0578. The van der Waals surface area contributed by atoms with Crippen molar-refractivity contribution in [2.24, 2.45) is 5.16 Å². The van der Waals surface area contributed by atoms with Crippen molar-refractivity contribution in [3.8, 4) is 0 Å². The summed E-state index contributed by atoms with van der Waals surface area (Å²) in [5.74, 6) is 0.444. The Hall–Kier alpha value is -0.730. The third-order valence-electron chi connectivity index (χ3n) is 0.629. The van der Waals surface area contributed by atoms with Crippen molar-refractivity contribution in [1.29, 1.82) is 0 Å². The van der Waals surface area contributed by atoms with Gasteiger partial charge in [-0.1, -0.05) is 5.16 Å². The molecule has 1 aliphatic heterocycles. The van der Waals surface area contributed by atoms with Crippen molar-refractivity contribution in [2.45, 2.75) is 0 Å². The molecule has 0 unspecified atom stereocenters. The maximum Gasteiger partial charge on any atom is 0.237 e. The van der Waals surface area contributed by atoms with E-state index >= 15 is 0 Å². The van der Waals surface area contributed by atoms with Crippen LogP contribution < -0.4 is 0 Å². The summed E-state index contributed by atoms with van der Waals surface area (Å²) in [6, 6.07) is 0. The molecule has 1 aliphatic rings. The van der Waals surface area contributed by atoms with Gasteiger partial charge in [-0.15, -0.1) is 0 Å². The zero-order chi connectivity index (χ0) is 5.11. The van der Waals surface area contributed by atoms with Gasteiger partial charge < -0.3 is 9.57 Å². The molecule has 0 amide bonds. The van der Waals surface area contributed by atoms with Crippen LogP contribution in [0.4, 0.5) is 0 Å². The molecule has 38 valence electrons. The minimum Gasteiger partial charge on any atom is -0.481 e. The normalized spacial score (nSPS) is 18.1. The molecule has 0 aliphatic carbocycles. The van der Waals surface area contributed by atoms with E-state index in [-0.39, 0.29) is 0 Å². The SMILES string of the molecule is COC1=NOC[C]1. The first-order valence-electron chi connectivity index (χ1n) is 1.91. The molecule has 0 aromatic heterocycles. The second kappa shape index (κ2) is 1.82.